The Morgan fingerprint density at radius 3 is 2.05 bits per heavy atom. The molecule has 0 aromatic rings. The lowest BCUT2D eigenvalue weighted by atomic mass is 9.94. The van der Waals surface area contributed by atoms with E-state index in [2.05, 4.69) is 0 Å². The van der Waals surface area contributed by atoms with E-state index in [1.54, 1.807) is 6.92 Å². The number of carbonyl (C=O) groups is 1. The van der Waals surface area contributed by atoms with Gasteiger partial charge in [0, 0.05) is 13.1 Å². The molecule has 2 atom stereocenters. The summed E-state index contributed by atoms with van der Waals surface area (Å²) >= 11 is 0. The Bertz CT molecular complexity index is 326. The number of aliphatic hydroxyl groups is 1. The van der Waals surface area contributed by atoms with Gasteiger partial charge in [0.25, 0.3) is 0 Å². The number of hydrogen-bond acceptors (Lipinski definition) is 2. The Hall–Kier alpha value is -0.990. The first-order valence-electron chi connectivity index (χ1n) is 5.55. The molecular formula is C10H13F6NO2. The Morgan fingerprint density at radius 2 is 1.68 bits per heavy atom. The molecule has 1 aliphatic heterocycles. The minimum atomic E-state index is -5.69. The molecule has 19 heavy (non-hydrogen) atoms. The summed E-state index contributed by atoms with van der Waals surface area (Å²) in [7, 11) is 0. The van der Waals surface area contributed by atoms with Gasteiger partial charge in [-0.15, -0.1) is 0 Å². The number of rotatable bonds is 1. The standard InChI is InChI=1S/C10H13F6NO2/c1-5-2-3-17(4-6(5)18)8(19)7(9(11,12)13)10(14,15)16/h5-7,18H,2-4H2,1H3. The molecule has 1 N–H and O–H groups in total. The molecule has 112 valence electrons. The third-order valence-corrected chi connectivity index (χ3v) is 3.13. The van der Waals surface area contributed by atoms with Crippen molar-refractivity contribution in [2.24, 2.45) is 11.8 Å². The first-order chi connectivity index (χ1) is 8.44. The molecule has 3 nitrogen and oxygen atoms in total. The fourth-order valence-corrected chi connectivity index (χ4v) is 1.90. The van der Waals surface area contributed by atoms with E-state index in [9.17, 15) is 36.2 Å². The van der Waals surface area contributed by atoms with Crippen molar-refractivity contribution in [3.63, 3.8) is 0 Å². The molecule has 0 bridgehead atoms. The van der Waals surface area contributed by atoms with Crippen molar-refractivity contribution < 1.29 is 36.2 Å². The van der Waals surface area contributed by atoms with Crippen LogP contribution in [0.2, 0.25) is 0 Å². The van der Waals surface area contributed by atoms with E-state index in [-0.39, 0.29) is 18.9 Å². The fraction of sp³-hybridized carbons (Fsp3) is 0.900. The van der Waals surface area contributed by atoms with Crippen LogP contribution in [0.15, 0.2) is 0 Å². The normalized spacial score (nSPS) is 25.8. The van der Waals surface area contributed by atoms with Crippen molar-refractivity contribution in [1.29, 1.82) is 0 Å². The summed E-state index contributed by atoms with van der Waals surface area (Å²) in [5.74, 6) is -6.34. The molecule has 2 unspecified atom stereocenters. The zero-order valence-electron chi connectivity index (χ0n) is 9.92. The van der Waals surface area contributed by atoms with Crippen LogP contribution in [0.5, 0.6) is 0 Å². The zero-order chi connectivity index (χ0) is 15.0. The highest BCUT2D eigenvalue weighted by atomic mass is 19.4. The number of aliphatic hydroxyl groups excluding tert-OH is 1. The second-order valence-corrected chi connectivity index (χ2v) is 4.63. The van der Waals surface area contributed by atoms with Crippen LogP contribution in [0.1, 0.15) is 13.3 Å². The van der Waals surface area contributed by atoms with Crippen molar-refractivity contribution in [2.75, 3.05) is 13.1 Å². The van der Waals surface area contributed by atoms with Crippen molar-refractivity contribution in [3.05, 3.63) is 0 Å². The van der Waals surface area contributed by atoms with Gasteiger partial charge in [-0.1, -0.05) is 6.92 Å². The average molecular weight is 293 g/mol. The molecule has 0 spiro atoms. The molecule has 1 saturated heterocycles. The molecule has 0 saturated carbocycles. The summed E-state index contributed by atoms with van der Waals surface area (Å²) < 4.78 is 74.2. The Balaban J connectivity index is 2.90. The van der Waals surface area contributed by atoms with Gasteiger partial charge in [0.1, 0.15) is 0 Å². The van der Waals surface area contributed by atoms with Crippen LogP contribution in [0, 0.1) is 11.8 Å². The molecule has 0 aromatic heterocycles. The van der Waals surface area contributed by atoms with E-state index in [0.717, 1.165) is 0 Å². The lowest BCUT2D eigenvalue weighted by molar-refractivity contribution is -0.278. The summed E-state index contributed by atoms with van der Waals surface area (Å²) in [6.45, 7) is 0.875. The average Bonchev–Trinajstić information content (AvgIpc) is 2.17. The van der Waals surface area contributed by atoms with Crippen LogP contribution < -0.4 is 0 Å². The topological polar surface area (TPSA) is 40.5 Å². The van der Waals surface area contributed by atoms with E-state index in [4.69, 9.17) is 0 Å². The number of alkyl halides is 6. The maximum Gasteiger partial charge on any atom is 0.409 e. The summed E-state index contributed by atoms with van der Waals surface area (Å²) in [5.41, 5.74) is 0. The molecule has 0 aromatic carbocycles. The zero-order valence-corrected chi connectivity index (χ0v) is 9.92. The number of carbonyl (C=O) groups excluding carboxylic acids is 1. The van der Waals surface area contributed by atoms with Crippen LogP contribution in [-0.4, -0.2) is 47.5 Å². The smallest absolute Gasteiger partial charge is 0.391 e. The summed E-state index contributed by atoms with van der Waals surface area (Å²) in [6, 6.07) is 0. The van der Waals surface area contributed by atoms with Gasteiger partial charge in [-0.25, -0.2) is 0 Å². The Kier molecular flexibility index (Phi) is 4.38. The van der Waals surface area contributed by atoms with Crippen LogP contribution >= 0.6 is 0 Å². The maximum absolute atomic E-state index is 12.4. The molecule has 1 aliphatic rings. The summed E-state index contributed by atoms with van der Waals surface area (Å²) in [5, 5.41) is 9.43. The first kappa shape index (κ1) is 16.1. The van der Waals surface area contributed by atoms with Gasteiger partial charge in [-0.05, 0) is 12.3 Å². The highest BCUT2D eigenvalue weighted by molar-refractivity contribution is 5.80. The molecule has 9 heteroatoms. The van der Waals surface area contributed by atoms with Crippen molar-refractivity contribution >= 4 is 5.91 Å². The molecule has 1 heterocycles. The fourth-order valence-electron chi connectivity index (χ4n) is 1.90. The first-order valence-corrected chi connectivity index (χ1v) is 5.55. The van der Waals surface area contributed by atoms with Gasteiger partial charge in [-0.2, -0.15) is 26.3 Å². The number of piperidine rings is 1. The summed E-state index contributed by atoms with van der Waals surface area (Å²) in [4.78, 5) is 11.8. The number of nitrogens with zero attached hydrogens (tertiary/aromatic N) is 1. The molecular weight excluding hydrogens is 280 g/mol. The second-order valence-electron chi connectivity index (χ2n) is 4.63. The molecule has 0 aliphatic carbocycles. The van der Waals surface area contributed by atoms with Crippen LogP contribution in [0.3, 0.4) is 0 Å². The van der Waals surface area contributed by atoms with Crippen LogP contribution in [-0.2, 0) is 4.79 Å². The third-order valence-electron chi connectivity index (χ3n) is 3.13. The number of hydrogen-bond donors (Lipinski definition) is 1. The summed E-state index contributed by atoms with van der Waals surface area (Å²) in [6.07, 6.45) is -12.3. The van der Waals surface area contributed by atoms with Crippen molar-refractivity contribution in [3.8, 4) is 0 Å². The van der Waals surface area contributed by atoms with E-state index in [1.165, 1.54) is 0 Å². The lowest BCUT2D eigenvalue weighted by Crippen LogP contribution is -2.54. The third kappa shape index (κ3) is 3.74. The number of β-amino-alcohol motifs (C(OH)–C–C–N with tert-alkyl or cyclic N) is 1. The second kappa shape index (κ2) is 5.18. The predicted octanol–water partition coefficient (Wildman–Crippen LogP) is 1.96. The van der Waals surface area contributed by atoms with Gasteiger partial charge in [-0.3, -0.25) is 4.79 Å². The molecule has 0 radical (unpaired) electrons. The Labute approximate surface area is 105 Å². The maximum atomic E-state index is 12.4. The Morgan fingerprint density at radius 1 is 1.21 bits per heavy atom. The minimum absolute atomic E-state index is 0.162. The van der Waals surface area contributed by atoms with Crippen molar-refractivity contribution in [1.82, 2.24) is 4.90 Å². The SMILES string of the molecule is CC1CCN(C(=O)C(C(F)(F)F)C(F)(F)F)CC1O. The van der Waals surface area contributed by atoms with Gasteiger partial charge < -0.3 is 10.0 Å². The van der Waals surface area contributed by atoms with E-state index >= 15 is 0 Å². The van der Waals surface area contributed by atoms with Crippen LogP contribution in [0.4, 0.5) is 26.3 Å². The van der Waals surface area contributed by atoms with E-state index in [1.807, 2.05) is 0 Å². The molecule has 1 amide bonds. The minimum Gasteiger partial charge on any atom is -0.391 e. The van der Waals surface area contributed by atoms with Gasteiger partial charge in [0.05, 0.1) is 6.10 Å². The highest BCUT2D eigenvalue weighted by Crippen LogP contribution is 2.40. The van der Waals surface area contributed by atoms with Crippen molar-refractivity contribution in [2.45, 2.75) is 31.8 Å². The van der Waals surface area contributed by atoms with Gasteiger partial charge in [0.2, 0.25) is 11.8 Å². The number of amides is 1. The van der Waals surface area contributed by atoms with E-state index in [0.29, 0.717) is 4.90 Å². The molecule has 1 fully saturated rings. The largest absolute Gasteiger partial charge is 0.409 e. The highest BCUT2D eigenvalue weighted by Gasteiger charge is 2.62. The number of halogens is 6. The van der Waals surface area contributed by atoms with Gasteiger partial charge >= 0.3 is 12.4 Å². The predicted molar refractivity (Wildman–Crippen MR) is 52.0 cm³/mol. The number of likely N-dealkylation sites (tertiary alicyclic amines) is 1. The monoisotopic (exact) mass is 293 g/mol. The molecule has 1 rings (SSSR count). The lowest BCUT2D eigenvalue weighted by Gasteiger charge is -2.36. The quantitative estimate of drug-likeness (QED) is 0.751. The van der Waals surface area contributed by atoms with Crippen LogP contribution in [0.25, 0.3) is 0 Å². The van der Waals surface area contributed by atoms with E-state index < -0.39 is 36.8 Å². The van der Waals surface area contributed by atoms with Gasteiger partial charge in [0.15, 0.2) is 0 Å².